The first-order valence-electron chi connectivity index (χ1n) is 0.775. The second kappa shape index (κ2) is 1.30. The molecular formula is C3H3N. The Morgan fingerprint density at radius 1 is 1.00 bits per heavy atom. The molecule has 0 saturated carbocycles. The van der Waals surface area contributed by atoms with E-state index >= 15 is 0 Å². The number of nitrogens with zero attached hydrogens (tertiary/aromatic N) is 1. The molecule has 0 aliphatic heterocycles. The maximum Gasteiger partial charge on any atom is 0.0447 e. The van der Waals surface area contributed by atoms with Crippen LogP contribution in [-0.2, 0) is 0 Å². The molecule has 0 N–H and O–H groups in total. The highest BCUT2D eigenvalue weighted by Gasteiger charge is 1.62. The monoisotopic (exact) mass is 53.0 g/mol. The van der Waals surface area contributed by atoms with Crippen LogP contribution in [0, 0.1) is 21.1 Å². The van der Waals surface area contributed by atoms with Crippen molar-refractivity contribution in [3.63, 3.8) is 0 Å². The summed E-state index contributed by atoms with van der Waals surface area (Å²) in [5, 5.41) is 0. The minimum atomic E-state index is 0.500. The van der Waals surface area contributed by atoms with Crippen molar-refractivity contribution in [2.45, 2.75) is 0 Å². The minimum Gasteiger partial charge on any atom is -0.285 e. The summed E-state index contributed by atoms with van der Waals surface area (Å²) in [7, 11) is 13.5. The number of hydrogen-bond donors (Lipinski definition) is 0. The Labute approximate surface area is 27.2 Å². The van der Waals surface area contributed by atoms with Crippen molar-refractivity contribution < 1.29 is 0 Å². The van der Waals surface area contributed by atoms with Gasteiger partial charge in [-0.15, -0.1) is 0 Å². The Bertz CT molecular complexity index is 8.00. The molecule has 0 aromatic rings. The zero-order valence-electron chi connectivity index (χ0n) is 2.18. The molecule has 1 nitrogen and oxygen atoms in total. The highest BCUT2D eigenvalue weighted by molar-refractivity contribution is 4.41. The van der Waals surface area contributed by atoms with Crippen LogP contribution in [0.5, 0.6) is 0 Å². The molecule has 0 unspecified atom stereocenters. The van der Waals surface area contributed by atoms with Gasteiger partial charge in [0.2, 0.25) is 0 Å². The third kappa shape index (κ3) is 1130. The fourth-order valence-electron chi connectivity index (χ4n) is 0. The second-order valence-corrected chi connectivity index (χ2v) is 0.447. The fourth-order valence-corrected chi connectivity index (χ4v) is 0. The van der Waals surface area contributed by atoms with Gasteiger partial charge < -0.3 is 0 Å². The largest absolute Gasteiger partial charge is 0.285 e. The lowest BCUT2D eigenvalue weighted by atomic mass is 11.0. The summed E-state index contributed by atoms with van der Waals surface area (Å²) in [5.74, 6) is 0. The molecule has 6 radical (unpaired) electrons. The maximum absolute atomic E-state index is 4.50. The van der Waals surface area contributed by atoms with Gasteiger partial charge in [0.1, 0.15) is 0 Å². The van der Waals surface area contributed by atoms with Gasteiger partial charge in [-0.3, -0.25) is 4.90 Å². The van der Waals surface area contributed by atoms with E-state index in [1.165, 1.54) is 0 Å². The topological polar surface area (TPSA) is 3.24 Å². The van der Waals surface area contributed by atoms with E-state index in [0.717, 1.165) is 0 Å². The van der Waals surface area contributed by atoms with E-state index in [1.54, 1.807) is 0 Å². The van der Waals surface area contributed by atoms with E-state index in [9.17, 15) is 0 Å². The molecule has 1 heteroatoms. The van der Waals surface area contributed by atoms with E-state index in [-0.39, 0.29) is 0 Å². The van der Waals surface area contributed by atoms with Crippen molar-refractivity contribution in [1.82, 2.24) is 4.90 Å². The van der Waals surface area contributed by atoms with Gasteiger partial charge in [0.05, 0.1) is 0 Å². The van der Waals surface area contributed by atoms with E-state index < -0.39 is 0 Å². The van der Waals surface area contributed by atoms with Crippen molar-refractivity contribution in [3.05, 3.63) is 21.1 Å². The molecule has 0 aliphatic rings. The quantitative estimate of drug-likeness (QED) is 0.359. The fraction of sp³-hybridized carbons (Fsp3) is 0. The van der Waals surface area contributed by atoms with Crippen molar-refractivity contribution in [1.29, 1.82) is 0 Å². The van der Waals surface area contributed by atoms with Crippen molar-refractivity contribution in [2.24, 2.45) is 0 Å². The van der Waals surface area contributed by atoms with Crippen LogP contribution in [0.3, 0.4) is 0 Å². The standard InChI is InChI=1S/C3H3N/c1-4(2)3/h1-3H. The summed E-state index contributed by atoms with van der Waals surface area (Å²) < 4.78 is 0. The SMILES string of the molecule is [CH]N([CH])[CH]. The maximum atomic E-state index is 4.50. The van der Waals surface area contributed by atoms with Crippen LogP contribution in [0.15, 0.2) is 0 Å². The number of hydrogen-bond acceptors (Lipinski definition) is 1. The molecule has 0 spiro atoms. The van der Waals surface area contributed by atoms with Gasteiger partial charge in [0.25, 0.3) is 0 Å². The van der Waals surface area contributed by atoms with Gasteiger partial charge in [-0.2, -0.15) is 0 Å². The lowest BCUT2D eigenvalue weighted by Gasteiger charge is -1.86. The first-order chi connectivity index (χ1) is 1.73. The zero-order valence-corrected chi connectivity index (χ0v) is 2.18. The first-order valence-corrected chi connectivity index (χ1v) is 0.775. The van der Waals surface area contributed by atoms with Crippen LogP contribution in [0.1, 0.15) is 0 Å². The predicted molar refractivity (Wildman–Crippen MR) is 14.7 cm³/mol. The lowest BCUT2D eigenvalue weighted by molar-refractivity contribution is 0.673. The van der Waals surface area contributed by atoms with E-state index in [1.807, 2.05) is 0 Å². The Kier molecular flexibility index (Phi) is 1.28. The molecule has 0 bridgehead atoms. The normalized spacial score (nSPS) is 9.00. The summed E-state index contributed by atoms with van der Waals surface area (Å²) in [6.07, 6.45) is 0. The average Bonchev–Trinajstić information content (AvgIpc) is 0.811. The highest BCUT2D eigenvalue weighted by atomic mass is 15.0. The molecule has 0 aliphatic carbocycles. The van der Waals surface area contributed by atoms with Gasteiger partial charge in [0.15, 0.2) is 0 Å². The summed E-state index contributed by atoms with van der Waals surface area (Å²) in [6.45, 7) is 0. The van der Waals surface area contributed by atoms with Crippen molar-refractivity contribution >= 4 is 0 Å². The van der Waals surface area contributed by atoms with Crippen LogP contribution in [0.4, 0.5) is 0 Å². The zero-order chi connectivity index (χ0) is 3.58. The van der Waals surface area contributed by atoms with Crippen LogP contribution in [-0.4, -0.2) is 4.90 Å². The molecule has 0 atom stereocenters. The molecule has 0 aromatic heterocycles. The molecule has 0 amide bonds. The predicted octanol–water partition coefficient (Wildman–Crippen LogP) is 0.294. The molecular weight excluding hydrogens is 50.0 g/mol. The van der Waals surface area contributed by atoms with Crippen LogP contribution < -0.4 is 0 Å². The molecule has 4 heavy (non-hydrogen) atoms. The Hall–Kier alpha value is -0.0400. The Morgan fingerprint density at radius 3 is 1.00 bits per heavy atom. The lowest BCUT2D eigenvalue weighted by Crippen LogP contribution is -1.86. The van der Waals surface area contributed by atoms with Crippen LogP contribution in [0.2, 0.25) is 0 Å². The Morgan fingerprint density at radius 2 is 1.00 bits per heavy atom. The average molecular weight is 53.1 g/mol. The molecule has 0 saturated heterocycles. The van der Waals surface area contributed by atoms with E-state index in [2.05, 4.69) is 21.1 Å². The van der Waals surface area contributed by atoms with Gasteiger partial charge in [-0.25, -0.2) is 0 Å². The molecule has 0 aromatic carbocycles. The van der Waals surface area contributed by atoms with Gasteiger partial charge in [-0.05, 0) is 0 Å². The van der Waals surface area contributed by atoms with E-state index in [0.29, 0.717) is 4.90 Å². The smallest absolute Gasteiger partial charge is 0.0447 e. The highest BCUT2D eigenvalue weighted by Crippen LogP contribution is 1.63. The summed E-state index contributed by atoms with van der Waals surface area (Å²) in [4.78, 5) is 0.500. The van der Waals surface area contributed by atoms with Gasteiger partial charge >= 0.3 is 0 Å². The summed E-state index contributed by atoms with van der Waals surface area (Å²) in [5.41, 5.74) is 0. The number of rotatable bonds is 0. The molecule has 20 valence electrons. The summed E-state index contributed by atoms with van der Waals surface area (Å²) in [6, 6.07) is 0. The Balaban J connectivity index is 2.32. The van der Waals surface area contributed by atoms with Crippen LogP contribution >= 0.6 is 0 Å². The minimum absolute atomic E-state index is 0.500. The summed E-state index contributed by atoms with van der Waals surface area (Å²) >= 11 is 0. The van der Waals surface area contributed by atoms with E-state index in [4.69, 9.17) is 0 Å². The third-order valence-electron chi connectivity index (χ3n) is 0. The van der Waals surface area contributed by atoms with Crippen molar-refractivity contribution in [2.75, 3.05) is 0 Å². The van der Waals surface area contributed by atoms with Gasteiger partial charge in [0, 0.05) is 21.1 Å². The molecule has 0 fully saturated rings. The molecule has 0 heterocycles. The second-order valence-electron chi connectivity index (χ2n) is 0.447. The molecule has 0 rings (SSSR count). The first kappa shape index (κ1) is 3.96. The van der Waals surface area contributed by atoms with Crippen molar-refractivity contribution in [3.8, 4) is 0 Å². The van der Waals surface area contributed by atoms with Gasteiger partial charge in [-0.1, -0.05) is 0 Å². The third-order valence-corrected chi connectivity index (χ3v) is 0. The van der Waals surface area contributed by atoms with Crippen LogP contribution in [0.25, 0.3) is 0 Å².